The van der Waals surface area contributed by atoms with Crippen molar-refractivity contribution in [2.45, 2.75) is 51.1 Å². The Balaban J connectivity index is 1.85. The van der Waals surface area contributed by atoms with Crippen LogP contribution in [0.3, 0.4) is 0 Å². The van der Waals surface area contributed by atoms with Crippen LogP contribution in [0, 0.1) is 0 Å². The highest BCUT2D eigenvalue weighted by Crippen LogP contribution is 2.40. The zero-order chi connectivity index (χ0) is 18.3. The maximum absolute atomic E-state index is 12.9. The normalized spacial score (nSPS) is 20.5. The Hall–Kier alpha value is -2.70. The number of hydrogen-bond donors (Lipinski definition) is 1. The monoisotopic (exact) mass is 353 g/mol. The van der Waals surface area contributed by atoms with Crippen LogP contribution in [-0.4, -0.2) is 40.0 Å². The number of aromatic nitrogens is 3. The number of H-pyrrole nitrogens is 1. The Labute approximate surface area is 152 Å². The highest BCUT2D eigenvalue weighted by Gasteiger charge is 2.41. The van der Waals surface area contributed by atoms with Gasteiger partial charge in [0.05, 0.1) is 6.20 Å². The summed E-state index contributed by atoms with van der Waals surface area (Å²) in [7, 11) is 1.78. The number of hydrogen-bond acceptors (Lipinski definition) is 5. The molecule has 7 heteroatoms. The molecule has 136 valence electrons. The standard InChI is InChI=1S/C19H23N5O2/c1-3-14-19(26)23(2)15-11-21-17(12-8-9-20-16(25)10-12)22-18(15)24(14)13-6-4-5-7-13/h8-11,13-14H,3-7H2,1-2H3,(H,20,25). The van der Waals surface area contributed by atoms with Crippen molar-refractivity contribution in [1.29, 1.82) is 0 Å². The van der Waals surface area contributed by atoms with Crippen molar-refractivity contribution in [2.24, 2.45) is 0 Å². The summed E-state index contributed by atoms with van der Waals surface area (Å²) in [5, 5.41) is 0. The lowest BCUT2D eigenvalue weighted by atomic mass is 10.0. The molecule has 1 unspecified atom stereocenters. The van der Waals surface area contributed by atoms with Crippen LogP contribution < -0.4 is 15.4 Å². The number of likely N-dealkylation sites (N-methyl/N-ethyl adjacent to an activating group) is 1. The zero-order valence-electron chi connectivity index (χ0n) is 15.1. The van der Waals surface area contributed by atoms with E-state index in [1.54, 1.807) is 30.4 Å². The molecule has 2 aromatic rings. The predicted octanol–water partition coefficient (Wildman–Crippen LogP) is 2.34. The minimum Gasteiger partial charge on any atom is -0.340 e. The lowest BCUT2D eigenvalue weighted by Gasteiger charge is -2.43. The van der Waals surface area contributed by atoms with Crippen LogP contribution in [0.2, 0.25) is 0 Å². The fourth-order valence-corrected chi connectivity index (χ4v) is 4.11. The second-order valence-electron chi connectivity index (χ2n) is 7.01. The molecule has 1 N–H and O–H groups in total. The fourth-order valence-electron chi connectivity index (χ4n) is 4.11. The molecule has 4 rings (SSSR count). The van der Waals surface area contributed by atoms with Crippen molar-refractivity contribution in [3.63, 3.8) is 0 Å². The summed E-state index contributed by atoms with van der Waals surface area (Å²) < 4.78 is 0. The molecule has 7 nitrogen and oxygen atoms in total. The van der Waals surface area contributed by atoms with Gasteiger partial charge in [-0.1, -0.05) is 19.8 Å². The van der Waals surface area contributed by atoms with Crippen LogP contribution in [0.4, 0.5) is 11.5 Å². The van der Waals surface area contributed by atoms with Crippen LogP contribution in [-0.2, 0) is 4.79 Å². The van der Waals surface area contributed by atoms with Crippen molar-refractivity contribution >= 4 is 17.4 Å². The van der Waals surface area contributed by atoms with E-state index in [1.807, 2.05) is 6.92 Å². The van der Waals surface area contributed by atoms with Crippen LogP contribution in [0.25, 0.3) is 11.4 Å². The van der Waals surface area contributed by atoms with E-state index < -0.39 is 0 Å². The summed E-state index contributed by atoms with van der Waals surface area (Å²) in [6, 6.07) is 3.42. The van der Waals surface area contributed by atoms with Gasteiger partial charge in [0.1, 0.15) is 11.7 Å². The van der Waals surface area contributed by atoms with E-state index in [0.29, 0.717) is 17.4 Å². The molecule has 26 heavy (non-hydrogen) atoms. The van der Waals surface area contributed by atoms with Gasteiger partial charge in [-0.2, -0.15) is 0 Å². The van der Waals surface area contributed by atoms with Gasteiger partial charge in [0, 0.05) is 30.9 Å². The summed E-state index contributed by atoms with van der Waals surface area (Å²) in [6.07, 6.45) is 8.56. The average molecular weight is 353 g/mol. The maximum atomic E-state index is 12.9. The molecule has 2 aromatic heterocycles. The van der Waals surface area contributed by atoms with Gasteiger partial charge in [-0.3, -0.25) is 9.59 Å². The van der Waals surface area contributed by atoms with Gasteiger partial charge in [0.25, 0.3) is 0 Å². The van der Waals surface area contributed by atoms with Gasteiger partial charge < -0.3 is 14.8 Å². The number of anilines is 2. The molecule has 1 saturated carbocycles. The van der Waals surface area contributed by atoms with Crippen molar-refractivity contribution in [3.05, 3.63) is 34.9 Å². The smallest absolute Gasteiger partial charge is 0.249 e. The summed E-state index contributed by atoms with van der Waals surface area (Å²) in [5.74, 6) is 1.41. The lowest BCUT2D eigenvalue weighted by molar-refractivity contribution is -0.120. The number of amides is 1. The number of rotatable bonds is 3. The Morgan fingerprint density at radius 2 is 2.04 bits per heavy atom. The number of nitrogens with zero attached hydrogens (tertiary/aromatic N) is 4. The minimum absolute atomic E-state index is 0.0967. The second-order valence-corrected chi connectivity index (χ2v) is 7.01. The first-order valence-corrected chi connectivity index (χ1v) is 9.22. The quantitative estimate of drug-likeness (QED) is 0.916. The molecule has 1 atom stereocenters. The zero-order valence-corrected chi connectivity index (χ0v) is 15.1. The number of carbonyl (C=O) groups excluding carboxylic acids is 1. The molecule has 1 amide bonds. The highest BCUT2D eigenvalue weighted by molar-refractivity contribution is 6.04. The minimum atomic E-state index is -0.197. The molecule has 0 bridgehead atoms. The molecular weight excluding hydrogens is 330 g/mol. The SMILES string of the molecule is CCC1C(=O)N(C)c2cnc(-c3cc[nH]c(=O)c3)nc2N1C1CCCC1. The van der Waals surface area contributed by atoms with Crippen molar-refractivity contribution in [3.8, 4) is 11.4 Å². The molecule has 3 heterocycles. The fraction of sp³-hybridized carbons (Fsp3) is 0.474. The van der Waals surface area contributed by atoms with Crippen molar-refractivity contribution < 1.29 is 4.79 Å². The van der Waals surface area contributed by atoms with Gasteiger partial charge in [-0.05, 0) is 25.3 Å². The Bertz CT molecular complexity index is 887. The van der Waals surface area contributed by atoms with E-state index in [2.05, 4.69) is 14.9 Å². The molecule has 0 saturated heterocycles. The molecular formula is C19H23N5O2. The number of carbonyl (C=O) groups is 1. The van der Waals surface area contributed by atoms with E-state index in [4.69, 9.17) is 4.98 Å². The number of pyridine rings is 1. The lowest BCUT2D eigenvalue weighted by Crippen LogP contribution is -2.55. The summed E-state index contributed by atoms with van der Waals surface area (Å²) in [5.41, 5.74) is 1.23. The highest BCUT2D eigenvalue weighted by atomic mass is 16.2. The van der Waals surface area contributed by atoms with Gasteiger partial charge in [-0.15, -0.1) is 0 Å². The molecule has 1 aliphatic carbocycles. The Morgan fingerprint density at radius 1 is 1.27 bits per heavy atom. The van der Waals surface area contributed by atoms with E-state index in [0.717, 1.165) is 30.8 Å². The van der Waals surface area contributed by atoms with Gasteiger partial charge in [0.2, 0.25) is 11.5 Å². The Morgan fingerprint density at radius 3 is 2.73 bits per heavy atom. The summed E-state index contributed by atoms with van der Waals surface area (Å²) in [4.78, 5) is 40.2. The first-order chi connectivity index (χ1) is 12.6. The van der Waals surface area contributed by atoms with E-state index in [1.165, 1.54) is 18.9 Å². The third-order valence-electron chi connectivity index (χ3n) is 5.45. The summed E-state index contributed by atoms with van der Waals surface area (Å²) >= 11 is 0. The first kappa shape index (κ1) is 16.8. The van der Waals surface area contributed by atoms with Gasteiger partial charge in [-0.25, -0.2) is 9.97 Å². The van der Waals surface area contributed by atoms with E-state index >= 15 is 0 Å². The second kappa shape index (κ2) is 6.55. The third-order valence-corrected chi connectivity index (χ3v) is 5.45. The number of nitrogens with one attached hydrogen (secondary N) is 1. The topological polar surface area (TPSA) is 82.2 Å². The first-order valence-electron chi connectivity index (χ1n) is 9.22. The largest absolute Gasteiger partial charge is 0.340 e. The van der Waals surface area contributed by atoms with Gasteiger partial charge >= 0.3 is 0 Å². The number of fused-ring (bicyclic) bond motifs is 1. The number of aromatic amines is 1. The summed E-state index contributed by atoms with van der Waals surface area (Å²) in [6.45, 7) is 2.04. The van der Waals surface area contributed by atoms with Crippen molar-refractivity contribution in [1.82, 2.24) is 15.0 Å². The molecule has 0 spiro atoms. The van der Waals surface area contributed by atoms with E-state index in [-0.39, 0.29) is 17.5 Å². The predicted molar refractivity (Wildman–Crippen MR) is 100 cm³/mol. The van der Waals surface area contributed by atoms with Crippen LogP contribution >= 0.6 is 0 Å². The van der Waals surface area contributed by atoms with Crippen LogP contribution in [0.1, 0.15) is 39.0 Å². The van der Waals surface area contributed by atoms with Crippen molar-refractivity contribution in [2.75, 3.05) is 16.8 Å². The van der Waals surface area contributed by atoms with Crippen LogP contribution in [0.5, 0.6) is 0 Å². The molecule has 2 aliphatic rings. The van der Waals surface area contributed by atoms with E-state index in [9.17, 15) is 9.59 Å². The molecule has 1 fully saturated rings. The maximum Gasteiger partial charge on any atom is 0.249 e. The molecule has 1 aliphatic heterocycles. The molecule has 0 radical (unpaired) electrons. The van der Waals surface area contributed by atoms with Crippen LogP contribution in [0.15, 0.2) is 29.3 Å². The van der Waals surface area contributed by atoms with Gasteiger partial charge in [0.15, 0.2) is 11.6 Å². The Kier molecular flexibility index (Phi) is 4.22. The molecule has 0 aromatic carbocycles. The average Bonchev–Trinajstić information content (AvgIpc) is 3.18. The third kappa shape index (κ3) is 2.67.